The molecule has 1 aromatic heterocycles. The SMILES string of the molecule is CC(=O)N1Cc2ccc(-c3ccc(C(F)(F)F)cn3)cc2CCc2cc(Cl)ccc21. The summed E-state index contributed by atoms with van der Waals surface area (Å²) in [5.41, 5.74) is 4.31. The average molecular weight is 431 g/mol. The Bertz CT molecular complexity index is 1110. The highest BCUT2D eigenvalue weighted by atomic mass is 35.5. The first-order valence-electron chi connectivity index (χ1n) is 9.44. The number of carbonyl (C=O) groups excluding carboxylic acids is 1. The smallest absolute Gasteiger partial charge is 0.308 e. The number of halogens is 4. The molecule has 0 unspecified atom stereocenters. The van der Waals surface area contributed by atoms with E-state index in [2.05, 4.69) is 4.98 Å². The molecular weight excluding hydrogens is 413 g/mol. The summed E-state index contributed by atoms with van der Waals surface area (Å²) in [6.45, 7) is 1.94. The first-order chi connectivity index (χ1) is 14.2. The highest BCUT2D eigenvalue weighted by molar-refractivity contribution is 6.30. The zero-order valence-corrected chi connectivity index (χ0v) is 16.9. The molecule has 1 amide bonds. The van der Waals surface area contributed by atoms with Crippen molar-refractivity contribution in [2.45, 2.75) is 32.5 Å². The lowest BCUT2D eigenvalue weighted by molar-refractivity contribution is -0.137. The van der Waals surface area contributed by atoms with Crippen LogP contribution in [-0.4, -0.2) is 10.9 Å². The third-order valence-corrected chi connectivity index (χ3v) is 5.53. The normalized spacial score (nSPS) is 13.8. The quantitative estimate of drug-likeness (QED) is 0.469. The molecule has 0 spiro atoms. The van der Waals surface area contributed by atoms with Crippen LogP contribution < -0.4 is 4.90 Å². The van der Waals surface area contributed by atoms with Crippen LogP contribution in [0.4, 0.5) is 18.9 Å². The summed E-state index contributed by atoms with van der Waals surface area (Å²) in [5, 5.41) is 0.612. The van der Waals surface area contributed by atoms with E-state index < -0.39 is 11.7 Å². The molecule has 2 heterocycles. The molecule has 0 bridgehead atoms. The molecule has 1 aliphatic rings. The Balaban J connectivity index is 1.70. The lowest BCUT2D eigenvalue weighted by Crippen LogP contribution is -2.30. The number of nitrogens with zero attached hydrogens (tertiary/aromatic N) is 2. The van der Waals surface area contributed by atoms with Crippen LogP contribution >= 0.6 is 11.6 Å². The van der Waals surface area contributed by atoms with Crippen molar-refractivity contribution >= 4 is 23.2 Å². The van der Waals surface area contributed by atoms with Crippen LogP contribution in [-0.2, 0) is 30.4 Å². The minimum absolute atomic E-state index is 0.0695. The monoisotopic (exact) mass is 430 g/mol. The molecule has 0 saturated carbocycles. The number of hydrogen-bond acceptors (Lipinski definition) is 2. The van der Waals surface area contributed by atoms with Gasteiger partial charge >= 0.3 is 6.18 Å². The number of aromatic nitrogens is 1. The molecule has 0 N–H and O–H groups in total. The predicted octanol–water partition coefficient (Wildman–Crippen LogP) is 6.07. The first-order valence-corrected chi connectivity index (χ1v) is 9.82. The summed E-state index contributed by atoms with van der Waals surface area (Å²) < 4.78 is 38.4. The largest absolute Gasteiger partial charge is 0.417 e. The Morgan fingerprint density at radius 2 is 1.77 bits per heavy atom. The van der Waals surface area contributed by atoms with Crippen molar-refractivity contribution in [1.82, 2.24) is 4.98 Å². The van der Waals surface area contributed by atoms with Crippen LogP contribution in [0.5, 0.6) is 0 Å². The molecule has 0 aliphatic carbocycles. The molecular formula is C23H18ClF3N2O. The van der Waals surface area contributed by atoms with E-state index in [1.807, 2.05) is 30.3 Å². The van der Waals surface area contributed by atoms with Gasteiger partial charge in [0, 0.05) is 29.4 Å². The Labute approximate surface area is 177 Å². The fourth-order valence-corrected chi connectivity index (χ4v) is 3.92. The molecule has 4 rings (SSSR count). The topological polar surface area (TPSA) is 33.2 Å². The Morgan fingerprint density at radius 1 is 1.00 bits per heavy atom. The number of benzene rings is 2. The molecule has 0 saturated heterocycles. The summed E-state index contributed by atoms with van der Waals surface area (Å²) in [4.78, 5) is 18.0. The van der Waals surface area contributed by atoms with Crippen molar-refractivity contribution in [3.63, 3.8) is 0 Å². The van der Waals surface area contributed by atoms with Gasteiger partial charge in [-0.15, -0.1) is 0 Å². The number of pyridine rings is 1. The van der Waals surface area contributed by atoms with E-state index in [4.69, 9.17) is 11.6 Å². The van der Waals surface area contributed by atoms with Gasteiger partial charge in [0.25, 0.3) is 0 Å². The van der Waals surface area contributed by atoms with Gasteiger partial charge in [-0.25, -0.2) is 0 Å². The molecule has 30 heavy (non-hydrogen) atoms. The van der Waals surface area contributed by atoms with Crippen LogP contribution in [0, 0.1) is 0 Å². The average Bonchev–Trinajstić information content (AvgIpc) is 2.69. The number of fused-ring (bicyclic) bond motifs is 2. The Morgan fingerprint density at radius 3 is 2.43 bits per heavy atom. The van der Waals surface area contributed by atoms with E-state index in [-0.39, 0.29) is 5.91 Å². The Kier molecular flexibility index (Phi) is 5.28. The van der Waals surface area contributed by atoms with Crippen LogP contribution in [0.15, 0.2) is 54.7 Å². The summed E-state index contributed by atoms with van der Waals surface area (Å²) >= 11 is 6.16. The number of carbonyl (C=O) groups is 1. The van der Waals surface area contributed by atoms with Crippen LogP contribution in [0.25, 0.3) is 11.3 Å². The van der Waals surface area contributed by atoms with Gasteiger partial charge in [0.1, 0.15) is 0 Å². The third-order valence-electron chi connectivity index (χ3n) is 5.30. The van der Waals surface area contributed by atoms with E-state index in [1.165, 1.54) is 13.0 Å². The van der Waals surface area contributed by atoms with Crippen molar-refractivity contribution in [2.75, 3.05) is 4.90 Å². The standard InChI is InChI=1S/C23H18ClF3N2O/c1-14(30)29-13-18-5-3-16(21-8-6-19(12-28-21)23(25,26)27)10-15(18)2-4-17-11-20(24)7-9-22(17)29/h3,5-12H,2,4,13H2,1H3. The molecule has 1 aliphatic heterocycles. The van der Waals surface area contributed by atoms with Gasteiger partial charge in [-0.05, 0) is 65.9 Å². The fourth-order valence-electron chi connectivity index (χ4n) is 3.73. The highest BCUT2D eigenvalue weighted by Crippen LogP contribution is 2.33. The summed E-state index contributed by atoms with van der Waals surface area (Å²) in [7, 11) is 0. The van der Waals surface area contributed by atoms with E-state index in [0.29, 0.717) is 23.7 Å². The number of hydrogen-bond donors (Lipinski definition) is 0. The van der Waals surface area contributed by atoms with E-state index >= 15 is 0 Å². The van der Waals surface area contributed by atoms with Crippen LogP contribution in [0.2, 0.25) is 5.02 Å². The molecule has 154 valence electrons. The Hall–Kier alpha value is -2.86. The first kappa shape index (κ1) is 20.4. The predicted molar refractivity (Wildman–Crippen MR) is 110 cm³/mol. The molecule has 3 aromatic rings. The van der Waals surface area contributed by atoms with E-state index in [9.17, 15) is 18.0 Å². The third kappa shape index (κ3) is 4.05. The maximum Gasteiger partial charge on any atom is 0.417 e. The zero-order valence-electron chi connectivity index (χ0n) is 16.1. The highest BCUT2D eigenvalue weighted by Gasteiger charge is 2.30. The minimum Gasteiger partial charge on any atom is -0.308 e. The van der Waals surface area contributed by atoms with Crippen LogP contribution in [0.1, 0.15) is 29.2 Å². The second-order valence-electron chi connectivity index (χ2n) is 7.29. The van der Waals surface area contributed by atoms with Gasteiger partial charge in [-0.3, -0.25) is 9.78 Å². The van der Waals surface area contributed by atoms with Gasteiger partial charge < -0.3 is 4.90 Å². The van der Waals surface area contributed by atoms with Gasteiger partial charge in [0.15, 0.2) is 0 Å². The van der Waals surface area contributed by atoms with Gasteiger partial charge in [0.05, 0.1) is 17.8 Å². The van der Waals surface area contributed by atoms with E-state index in [1.54, 1.807) is 11.0 Å². The second-order valence-corrected chi connectivity index (χ2v) is 7.73. The lowest BCUT2D eigenvalue weighted by atomic mass is 9.93. The van der Waals surface area contributed by atoms with E-state index in [0.717, 1.165) is 46.6 Å². The van der Waals surface area contributed by atoms with Crippen molar-refractivity contribution in [3.05, 3.63) is 82.0 Å². The fraction of sp³-hybridized carbons (Fsp3) is 0.217. The molecule has 0 fully saturated rings. The summed E-state index contributed by atoms with van der Waals surface area (Å²) in [5.74, 6) is -0.0695. The molecule has 7 heteroatoms. The van der Waals surface area contributed by atoms with Gasteiger partial charge in [-0.2, -0.15) is 13.2 Å². The van der Waals surface area contributed by atoms with Crippen molar-refractivity contribution in [1.29, 1.82) is 0 Å². The lowest BCUT2D eigenvalue weighted by Gasteiger charge is -2.28. The second kappa shape index (κ2) is 7.76. The summed E-state index contributed by atoms with van der Waals surface area (Å²) in [6.07, 6.45) is -2.15. The maximum atomic E-state index is 12.8. The van der Waals surface area contributed by atoms with Crippen molar-refractivity contribution in [2.24, 2.45) is 0 Å². The van der Waals surface area contributed by atoms with Crippen LogP contribution in [0.3, 0.4) is 0 Å². The minimum atomic E-state index is -4.41. The number of alkyl halides is 3. The molecule has 0 atom stereocenters. The molecule has 0 radical (unpaired) electrons. The summed E-state index contributed by atoms with van der Waals surface area (Å²) in [6, 6.07) is 13.6. The van der Waals surface area contributed by atoms with Crippen molar-refractivity contribution in [3.8, 4) is 11.3 Å². The molecule has 3 nitrogen and oxygen atoms in total. The number of anilines is 1. The maximum absolute atomic E-state index is 12.8. The molecule has 2 aromatic carbocycles. The van der Waals surface area contributed by atoms with Gasteiger partial charge in [0.2, 0.25) is 5.91 Å². The zero-order chi connectivity index (χ0) is 21.5. The number of amides is 1. The number of rotatable bonds is 1. The van der Waals surface area contributed by atoms with Crippen molar-refractivity contribution < 1.29 is 18.0 Å². The van der Waals surface area contributed by atoms with Gasteiger partial charge in [-0.1, -0.05) is 23.7 Å². The number of aryl methyl sites for hydroxylation is 2.